The number of aryl methyl sites for hydroxylation is 1. The van der Waals surface area contributed by atoms with Crippen LogP contribution < -0.4 is 4.74 Å². The van der Waals surface area contributed by atoms with Crippen molar-refractivity contribution in [3.63, 3.8) is 0 Å². The third kappa shape index (κ3) is 6.10. The van der Waals surface area contributed by atoms with E-state index in [4.69, 9.17) is 4.74 Å². The molecule has 0 unspecified atom stereocenters. The molecule has 1 saturated heterocycles. The summed E-state index contributed by atoms with van der Waals surface area (Å²) in [6, 6.07) is 9.20. The molecule has 2 aromatic carbocycles. The number of carbonyl (C=O) groups is 1. The lowest BCUT2D eigenvalue weighted by Gasteiger charge is -2.34. The van der Waals surface area contributed by atoms with Crippen molar-refractivity contribution < 1.29 is 22.7 Å². The predicted molar refractivity (Wildman–Crippen MR) is 140 cm³/mol. The third-order valence-electron chi connectivity index (χ3n) is 7.08. The SMILES string of the molecule is CCN1CCN(Cc2ccc(CC(=O)c3ccc(C)c(Oc4ncnc5[nH]ncc45)c3)cc2C(F)(F)F)CC1. The van der Waals surface area contributed by atoms with E-state index in [1.807, 2.05) is 11.8 Å². The van der Waals surface area contributed by atoms with E-state index in [2.05, 4.69) is 32.0 Å². The number of carbonyl (C=O) groups excluding carboxylic acids is 1. The Kier molecular flexibility index (Phi) is 7.62. The lowest BCUT2D eigenvalue weighted by atomic mass is 9.97. The Morgan fingerprint density at radius 2 is 1.82 bits per heavy atom. The first-order valence-corrected chi connectivity index (χ1v) is 12.8. The van der Waals surface area contributed by atoms with Gasteiger partial charge in [0.05, 0.1) is 11.8 Å². The van der Waals surface area contributed by atoms with E-state index in [0.29, 0.717) is 27.9 Å². The zero-order chi connectivity index (χ0) is 27.6. The molecule has 0 atom stereocenters. The number of H-pyrrole nitrogens is 1. The Morgan fingerprint density at radius 3 is 2.56 bits per heavy atom. The second-order valence-corrected chi connectivity index (χ2v) is 9.69. The normalized spacial score (nSPS) is 15.1. The quantitative estimate of drug-likeness (QED) is 0.315. The van der Waals surface area contributed by atoms with Crippen LogP contribution in [0.1, 0.15) is 39.5 Å². The molecule has 1 fully saturated rings. The summed E-state index contributed by atoms with van der Waals surface area (Å²) in [6.07, 6.45) is -1.80. The third-order valence-corrected chi connectivity index (χ3v) is 7.08. The van der Waals surface area contributed by atoms with Gasteiger partial charge >= 0.3 is 6.18 Å². The molecule has 1 aliphatic heterocycles. The van der Waals surface area contributed by atoms with Gasteiger partial charge in [0.1, 0.15) is 17.5 Å². The number of piperazine rings is 1. The van der Waals surface area contributed by atoms with Crippen molar-refractivity contribution in [2.75, 3.05) is 32.7 Å². The second kappa shape index (κ2) is 11.1. The highest BCUT2D eigenvalue weighted by Crippen LogP contribution is 2.34. The smallest absolute Gasteiger partial charge is 0.416 e. The Hall–Kier alpha value is -3.83. The van der Waals surface area contributed by atoms with E-state index < -0.39 is 11.7 Å². The van der Waals surface area contributed by atoms with Gasteiger partial charge < -0.3 is 9.64 Å². The number of nitrogens with one attached hydrogen (secondary N) is 1. The standard InChI is InChI=1S/C28H29F3N6O2/c1-3-36-8-10-37(11-9-36)16-21-7-5-19(12-23(21)28(29,30)31)13-24(38)20-6-4-18(2)25(14-20)39-27-22-15-34-35-26(22)32-17-33-27/h4-7,12,14-15,17H,3,8-11,13,16H2,1-2H3,(H,32,33,34,35). The van der Waals surface area contributed by atoms with E-state index in [1.54, 1.807) is 30.5 Å². The summed E-state index contributed by atoms with van der Waals surface area (Å²) in [5.41, 5.74) is 1.46. The maximum absolute atomic E-state index is 14.0. The molecule has 0 spiro atoms. The van der Waals surface area contributed by atoms with Crippen LogP contribution in [0.25, 0.3) is 11.0 Å². The highest BCUT2D eigenvalue weighted by atomic mass is 19.4. The Balaban J connectivity index is 1.33. The van der Waals surface area contributed by atoms with E-state index in [0.717, 1.165) is 44.4 Å². The fraction of sp³-hybridized carbons (Fsp3) is 0.357. The van der Waals surface area contributed by atoms with E-state index in [9.17, 15) is 18.0 Å². The first-order valence-electron chi connectivity index (χ1n) is 12.8. The molecule has 0 bridgehead atoms. The lowest BCUT2D eigenvalue weighted by molar-refractivity contribution is -0.138. The number of hydrogen-bond donors (Lipinski definition) is 1. The number of ketones is 1. The van der Waals surface area contributed by atoms with Gasteiger partial charge in [-0.3, -0.25) is 14.8 Å². The van der Waals surface area contributed by atoms with Crippen LogP contribution in [0.15, 0.2) is 48.9 Å². The molecule has 39 heavy (non-hydrogen) atoms. The van der Waals surface area contributed by atoms with Crippen molar-refractivity contribution in [1.82, 2.24) is 30.0 Å². The Labute approximate surface area is 223 Å². The molecule has 0 radical (unpaired) electrons. The van der Waals surface area contributed by atoms with E-state index in [-0.39, 0.29) is 30.2 Å². The van der Waals surface area contributed by atoms with Crippen molar-refractivity contribution >= 4 is 16.8 Å². The lowest BCUT2D eigenvalue weighted by Crippen LogP contribution is -2.45. The summed E-state index contributed by atoms with van der Waals surface area (Å²) < 4.78 is 48.0. The molecule has 0 amide bonds. The fourth-order valence-electron chi connectivity index (χ4n) is 4.74. The molecular formula is C28H29F3N6O2. The van der Waals surface area contributed by atoms with Crippen molar-refractivity contribution in [2.24, 2.45) is 0 Å². The Morgan fingerprint density at radius 1 is 1.05 bits per heavy atom. The minimum Gasteiger partial charge on any atom is -0.438 e. The van der Waals surface area contributed by atoms with Gasteiger partial charge in [-0.2, -0.15) is 18.3 Å². The molecule has 4 aromatic rings. The number of hydrogen-bond acceptors (Lipinski definition) is 7. The highest BCUT2D eigenvalue weighted by Gasteiger charge is 2.34. The monoisotopic (exact) mass is 538 g/mol. The van der Waals surface area contributed by atoms with Crippen LogP contribution in [0.5, 0.6) is 11.6 Å². The summed E-state index contributed by atoms with van der Waals surface area (Å²) in [6.45, 7) is 8.22. The summed E-state index contributed by atoms with van der Waals surface area (Å²) in [4.78, 5) is 25.7. The van der Waals surface area contributed by atoms with Crippen LogP contribution in [0.2, 0.25) is 0 Å². The van der Waals surface area contributed by atoms with Gasteiger partial charge in [0.2, 0.25) is 5.88 Å². The number of alkyl halides is 3. The van der Waals surface area contributed by atoms with Crippen molar-refractivity contribution in [3.05, 3.63) is 76.7 Å². The summed E-state index contributed by atoms with van der Waals surface area (Å²) in [5.74, 6) is 0.382. The maximum Gasteiger partial charge on any atom is 0.416 e. The van der Waals surface area contributed by atoms with Crippen molar-refractivity contribution in [2.45, 2.75) is 33.0 Å². The van der Waals surface area contributed by atoms with Gasteiger partial charge in [0.25, 0.3) is 0 Å². The number of rotatable bonds is 8. The molecule has 8 nitrogen and oxygen atoms in total. The number of Topliss-reactive ketones (excluding diaryl/α,β-unsaturated/α-hetero) is 1. The molecule has 1 N–H and O–H groups in total. The summed E-state index contributed by atoms with van der Waals surface area (Å²) in [5, 5.41) is 7.27. The van der Waals surface area contributed by atoms with Crippen LogP contribution in [0.4, 0.5) is 13.2 Å². The molecule has 5 rings (SSSR count). The zero-order valence-corrected chi connectivity index (χ0v) is 21.8. The number of likely N-dealkylation sites (N-methyl/N-ethyl adjacent to an activating group) is 1. The molecule has 204 valence electrons. The van der Waals surface area contributed by atoms with Crippen LogP contribution in [-0.2, 0) is 19.1 Å². The average Bonchev–Trinajstić information content (AvgIpc) is 3.40. The first-order chi connectivity index (χ1) is 18.7. The second-order valence-electron chi connectivity index (χ2n) is 9.69. The van der Waals surface area contributed by atoms with Gasteiger partial charge in [-0.05, 0) is 42.3 Å². The zero-order valence-electron chi connectivity index (χ0n) is 21.8. The van der Waals surface area contributed by atoms with Crippen LogP contribution >= 0.6 is 0 Å². The molecular weight excluding hydrogens is 509 g/mol. The van der Waals surface area contributed by atoms with Gasteiger partial charge in [-0.25, -0.2) is 9.97 Å². The molecule has 0 saturated carbocycles. The highest BCUT2D eigenvalue weighted by molar-refractivity contribution is 5.98. The molecule has 11 heteroatoms. The Bertz CT molecular complexity index is 1480. The number of ether oxygens (including phenoxy) is 1. The summed E-state index contributed by atoms with van der Waals surface area (Å²) in [7, 11) is 0. The van der Waals surface area contributed by atoms with Crippen molar-refractivity contribution in [3.8, 4) is 11.6 Å². The van der Waals surface area contributed by atoms with E-state index >= 15 is 0 Å². The summed E-state index contributed by atoms with van der Waals surface area (Å²) >= 11 is 0. The topological polar surface area (TPSA) is 87.2 Å². The average molecular weight is 539 g/mol. The number of aromatic nitrogens is 4. The number of benzene rings is 2. The van der Waals surface area contributed by atoms with E-state index in [1.165, 1.54) is 12.4 Å². The van der Waals surface area contributed by atoms with Crippen LogP contribution in [0.3, 0.4) is 0 Å². The van der Waals surface area contributed by atoms with Crippen molar-refractivity contribution in [1.29, 1.82) is 0 Å². The minimum atomic E-state index is -4.51. The van der Waals surface area contributed by atoms with Gasteiger partial charge in [0.15, 0.2) is 11.4 Å². The van der Waals surface area contributed by atoms with Crippen LogP contribution in [0, 0.1) is 6.92 Å². The first kappa shape index (κ1) is 26.8. The number of halogens is 3. The van der Waals surface area contributed by atoms with Gasteiger partial charge in [0, 0.05) is 44.7 Å². The molecule has 0 aliphatic carbocycles. The fourth-order valence-corrected chi connectivity index (χ4v) is 4.74. The maximum atomic E-state index is 14.0. The molecule has 3 heterocycles. The molecule has 2 aromatic heterocycles. The largest absolute Gasteiger partial charge is 0.438 e. The predicted octanol–water partition coefficient (Wildman–Crippen LogP) is 5.04. The number of nitrogens with zero attached hydrogens (tertiary/aromatic N) is 5. The van der Waals surface area contributed by atoms with Crippen LogP contribution in [-0.4, -0.2) is 68.5 Å². The van der Waals surface area contributed by atoms with Gasteiger partial charge in [-0.15, -0.1) is 0 Å². The van der Waals surface area contributed by atoms with Gasteiger partial charge in [-0.1, -0.05) is 31.2 Å². The minimum absolute atomic E-state index is 0.166. The molecule has 1 aliphatic rings. The number of aromatic amines is 1. The number of fused-ring (bicyclic) bond motifs is 1.